The van der Waals surface area contributed by atoms with Crippen LogP contribution in [0.3, 0.4) is 0 Å². The fraction of sp³-hybridized carbons (Fsp3) is 0.562. The summed E-state index contributed by atoms with van der Waals surface area (Å²) in [6, 6.07) is 6.44. The molecule has 1 aromatic carbocycles. The summed E-state index contributed by atoms with van der Waals surface area (Å²) in [7, 11) is 0. The maximum absolute atomic E-state index is 12.1. The van der Waals surface area contributed by atoms with Gasteiger partial charge in [-0.15, -0.1) is 0 Å². The molecule has 0 aliphatic heterocycles. The van der Waals surface area contributed by atoms with E-state index in [0.29, 0.717) is 18.1 Å². The van der Waals surface area contributed by atoms with Crippen molar-refractivity contribution in [3.05, 3.63) is 34.9 Å². The van der Waals surface area contributed by atoms with Crippen molar-refractivity contribution in [2.45, 2.75) is 52.9 Å². The average Bonchev–Trinajstić information content (AvgIpc) is 2.60. The number of hydrogen-bond acceptors (Lipinski definition) is 1. The van der Waals surface area contributed by atoms with E-state index >= 15 is 0 Å². The second-order valence-corrected chi connectivity index (χ2v) is 6.28. The van der Waals surface area contributed by atoms with Crippen molar-refractivity contribution in [3.63, 3.8) is 0 Å². The highest BCUT2D eigenvalue weighted by molar-refractivity contribution is 5.86. The van der Waals surface area contributed by atoms with E-state index in [9.17, 15) is 4.79 Å². The van der Waals surface area contributed by atoms with Crippen LogP contribution >= 0.6 is 0 Å². The summed E-state index contributed by atoms with van der Waals surface area (Å²) >= 11 is 0. The summed E-state index contributed by atoms with van der Waals surface area (Å²) in [5.74, 6) is 0.957. The zero-order valence-electron chi connectivity index (χ0n) is 11.3. The summed E-state index contributed by atoms with van der Waals surface area (Å²) in [6.45, 7) is 8.28. The SMILES string of the molecule is CC1CCc2cccc(CC(=O)C(C)(C)C)c21. The van der Waals surface area contributed by atoms with E-state index in [0.717, 1.165) is 0 Å². The molecule has 92 valence electrons. The van der Waals surface area contributed by atoms with Crippen molar-refractivity contribution in [1.29, 1.82) is 0 Å². The summed E-state index contributed by atoms with van der Waals surface area (Å²) in [5, 5.41) is 0. The molecule has 1 aliphatic carbocycles. The van der Waals surface area contributed by atoms with Gasteiger partial charge in [0.2, 0.25) is 0 Å². The van der Waals surface area contributed by atoms with Crippen LogP contribution in [0, 0.1) is 5.41 Å². The second kappa shape index (κ2) is 4.29. The Morgan fingerprint density at radius 1 is 1.35 bits per heavy atom. The third-order valence-corrected chi connectivity index (χ3v) is 3.81. The lowest BCUT2D eigenvalue weighted by atomic mass is 9.84. The minimum Gasteiger partial charge on any atom is -0.299 e. The van der Waals surface area contributed by atoms with Gasteiger partial charge in [-0.05, 0) is 35.4 Å². The summed E-state index contributed by atoms with van der Waals surface area (Å²) in [6.07, 6.45) is 3.00. The molecule has 0 fully saturated rings. The van der Waals surface area contributed by atoms with Gasteiger partial charge in [-0.1, -0.05) is 45.9 Å². The maximum atomic E-state index is 12.1. The Hall–Kier alpha value is -1.11. The topological polar surface area (TPSA) is 17.1 Å². The smallest absolute Gasteiger partial charge is 0.142 e. The Labute approximate surface area is 104 Å². The number of rotatable bonds is 2. The van der Waals surface area contributed by atoms with Crippen LogP contribution in [0.15, 0.2) is 18.2 Å². The molecule has 2 rings (SSSR count). The first-order valence-corrected chi connectivity index (χ1v) is 6.53. The number of fused-ring (bicyclic) bond motifs is 1. The molecule has 1 unspecified atom stereocenters. The quantitative estimate of drug-likeness (QED) is 0.753. The third-order valence-electron chi connectivity index (χ3n) is 3.81. The van der Waals surface area contributed by atoms with Gasteiger partial charge < -0.3 is 0 Å². The molecule has 1 atom stereocenters. The molecule has 1 heteroatoms. The molecule has 0 amide bonds. The first-order valence-electron chi connectivity index (χ1n) is 6.53. The van der Waals surface area contributed by atoms with Gasteiger partial charge >= 0.3 is 0 Å². The first-order chi connectivity index (χ1) is 7.89. The molecule has 1 nitrogen and oxygen atoms in total. The van der Waals surface area contributed by atoms with Crippen LogP contribution in [-0.4, -0.2) is 5.78 Å². The van der Waals surface area contributed by atoms with E-state index in [4.69, 9.17) is 0 Å². The molecule has 0 bridgehead atoms. The van der Waals surface area contributed by atoms with Crippen LogP contribution in [0.2, 0.25) is 0 Å². The largest absolute Gasteiger partial charge is 0.299 e. The molecule has 0 radical (unpaired) electrons. The molecule has 0 aromatic heterocycles. The van der Waals surface area contributed by atoms with Crippen molar-refractivity contribution in [3.8, 4) is 0 Å². The van der Waals surface area contributed by atoms with Gasteiger partial charge in [0.05, 0.1) is 0 Å². The number of carbonyl (C=O) groups is 1. The number of ketones is 1. The molecule has 1 aliphatic rings. The van der Waals surface area contributed by atoms with Crippen molar-refractivity contribution in [1.82, 2.24) is 0 Å². The van der Waals surface area contributed by atoms with Crippen LogP contribution in [0.4, 0.5) is 0 Å². The number of Topliss-reactive ketones (excluding diaryl/α,β-unsaturated/α-hetero) is 1. The lowest BCUT2D eigenvalue weighted by Gasteiger charge is -2.19. The van der Waals surface area contributed by atoms with Crippen molar-refractivity contribution in [2.24, 2.45) is 5.41 Å². The molecule has 0 saturated carbocycles. The van der Waals surface area contributed by atoms with E-state index in [-0.39, 0.29) is 5.41 Å². The molecule has 0 saturated heterocycles. The Morgan fingerprint density at radius 2 is 2.06 bits per heavy atom. The monoisotopic (exact) mass is 230 g/mol. The Morgan fingerprint density at radius 3 is 2.71 bits per heavy atom. The summed E-state index contributed by atoms with van der Waals surface area (Å²) < 4.78 is 0. The van der Waals surface area contributed by atoms with E-state index in [1.54, 1.807) is 0 Å². The summed E-state index contributed by atoms with van der Waals surface area (Å²) in [5.41, 5.74) is 3.93. The highest BCUT2D eigenvalue weighted by Gasteiger charge is 2.26. The van der Waals surface area contributed by atoms with E-state index < -0.39 is 0 Å². The zero-order chi connectivity index (χ0) is 12.6. The maximum Gasteiger partial charge on any atom is 0.142 e. The van der Waals surface area contributed by atoms with Gasteiger partial charge in [-0.3, -0.25) is 4.79 Å². The van der Waals surface area contributed by atoms with Gasteiger partial charge in [0, 0.05) is 11.8 Å². The number of benzene rings is 1. The third kappa shape index (κ3) is 2.43. The van der Waals surface area contributed by atoms with E-state index in [1.165, 1.54) is 29.5 Å². The van der Waals surface area contributed by atoms with Crippen LogP contribution < -0.4 is 0 Å². The van der Waals surface area contributed by atoms with Gasteiger partial charge in [-0.25, -0.2) is 0 Å². The van der Waals surface area contributed by atoms with Crippen molar-refractivity contribution in [2.75, 3.05) is 0 Å². The predicted molar refractivity (Wildman–Crippen MR) is 71.3 cm³/mol. The van der Waals surface area contributed by atoms with E-state index in [2.05, 4.69) is 25.1 Å². The van der Waals surface area contributed by atoms with Gasteiger partial charge in [-0.2, -0.15) is 0 Å². The van der Waals surface area contributed by atoms with Gasteiger partial charge in [0.25, 0.3) is 0 Å². The predicted octanol–water partition coefficient (Wildman–Crippen LogP) is 3.89. The normalized spacial score (nSPS) is 19.2. The van der Waals surface area contributed by atoms with Crippen LogP contribution in [-0.2, 0) is 17.6 Å². The lowest BCUT2D eigenvalue weighted by molar-refractivity contribution is -0.125. The highest BCUT2D eigenvalue weighted by Crippen LogP contribution is 2.36. The minimum atomic E-state index is -0.232. The van der Waals surface area contributed by atoms with Crippen LogP contribution in [0.1, 0.15) is 56.7 Å². The van der Waals surface area contributed by atoms with Gasteiger partial charge in [0.1, 0.15) is 5.78 Å². The summed E-state index contributed by atoms with van der Waals surface area (Å²) in [4.78, 5) is 12.1. The molecule has 1 aromatic rings. The highest BCUT2D eigenvalue weighted by atomic mass is 16.1. The number of aryl methyl sites for hydroxylation is 1. The molecule has 0 spiro atoms. The van der Waals surface area contributed by atoms with Gasteiger partial charge in [0.15, 0.2) is 0 Å². The Bertz CT molecular complexity index is 437. The number of hydrogen-bond donors (Lipinski definition) is 0. The molecular weight excluding hydrogens is 208 g/mol. The standard InChI is InChI=1S/C16H22O/c1-11-8-9-12-6-5-7-13(15(11)12)10-14(17)16(2,3)4/h5-7,11H,8-10H2,1-4H3. The first kappa shape index (κ1) is 12.3. The van der Waals surface area contributed by atoms with E-state index in [1.807, 2.05) is 20.8 Å². The lowest BCUT2D eigenvalue weighted by Crippen LogP contribution is -2.22. The second-order valence-electron chi connectivity index (χ2n) is 6.28. The molecule has 0 N–H and O–H groups in total. The fourth-order valence-electron chi connectivity index (χ4n) is 2.63. The fourth-order valence-corrected chi connectivity index (χ4v) is 2.63. The molecule has 17 heavy (non-hydrogen) atoms. The van der Waals surface area contributed by atoms with Crippen LogP contribution in [0.5, 0.6) is 0 Å². The van der Waals surface area contributed by atoms with Crippen molar-refractivity contribution < 1.29 is 4.79 Å². The van der Waals surface area contributed by atoms with Crippen LogP contribution in [0.25, 0.3) is 0 Å². The zero-order valence-corrected chi connectivity index (χ0v) is 11.3. The Kier molecular flexibility index (Phi) is 3.11. The average molecular weight is 230 g/mol. The number of carbonyl (C=O) groups excluding carboxylic acids is 1. The Balaban J connectivity index is 2.29. The van der Waals surface area contributed by atoms with Crippen molar-refractivity contribution >= 4 is 5.78 Å². The molecular formula is C16H22O. The molecule has 0 heterocycles. The minimum absolute atomic E-state index is 0.232.